The van der Waals surface area contributed by atoms with Crippen LogP contribution in [0, 0.1) is 0 Å². The van der Waals surface area contributed by atoms with Gasteiger partial charge in [0.1, 0.15) is 6.10 Å². The van der Waals surface area contributed by atoms with Crippen LogP contribution in [0.2, 0.25) is 0 Å². The van der Waals surface area contributed by atoms with Crippen molar-refractivity contribution in [1.82, 2.24) is 10.2 Å². The second-order valence-electron chi connectivity index (χ2n) is 5.85. The highest BCUT2D eigenvalue weighted by atomic mass is 32.2. The fourth-order valence-electron chi connectivity index (χ4n) is 2.46. The number of benzene rings is 1. The van der Waals surface area contributed by atoms with Crippen LogP contribution >= 0.6 is 23.1 Å². The molecule has 1 saturated heterocycles. The van der Waals surface area contributed by atoms with E-state index in [1.165, 1.54) is 28.7 Å². The standard InChI is InChI=1S/C16H19N3O4S3/c1-2-11-3-5-12(6-4-11)17-15-18-19-16(25-15)24-9-14(20)23-13-7-8-26(21,22)10-13/h3-6,13H,2,7-10H2,1H3,(H,17,18)/t13-/m1/s1. The second-order valence-corrected chi connectivity index (χ2v) is 10.3. The number of carbonyl (C=O) groups is 1. The molecule has 0 unspecified atom stereocenters. The molecule has 7 nitrogen and oxygen atoms in total. The van der Waals surface area contributed by atoms with Crippen molar-refractivity contribution in [2.45, 2.75) is 30.2 Å². The van der Waals surface area contributed by atoms with E-state index < -0.39 is 21.9 Å². The minimum absolute atomic E-state index is 0.0763. The number of hydrogen-bond acceptors (Lipinski definition) is 9. The number of nitrogens with zero attached hydrogens (tertiary/aromatic N) is 2. The smallest absolute Gasteiger partial charge is 0.316 e. The van der Waals surface area contributed by atoms with Gasteiger partial charge in [-0.15, -0.1) is 10.2 Å². The molecule has 1 fully saturated rings. The maximum atomic E-state index is 11.8. The monoisotopic (exact) mass is 413 g/mol. The van der Waals surface area contributed by atoms with Crippen molar-refractivity contribution >= 4 is 49.7 Å². The quantitative estimate of drug-likeness (QED) is 0.546. The summed E-state index contributed by atoms with van der Waals surface area (Å²) in [6, 6.07) is 8.08. The SMILES string of the molecule is CCc1ccc(Nc2nnc(SCC(=O)O[C@@H]3CCS(=O)(=O)C3)s2)cc1. The molecule has 0 aliphatic carbocycles. The first-order valence-electron chi connectivity index (χ1n) is 8.15. The van der Waals surface area contributed by atoms with E-state index >= 15 is 0 Å². The summed E-state index contributed by atoms with van der Waals surface area (Å²) in [7, 11) is -3.05. The number of ether oxygens (including phenoxy) is 1. The van der Waals surface area contributed by atoms with E-state index in [2.05, 4.69) is 34.6 Å². The summed E-state index contributed by atoms with van der Waals surface area (Å²) in [5.74, 6) is -0.344. The normalized spacial score (nSPS) is 18.6. The van der Waals surface area contributed by atoms with Crippen molar-refractivity contribution in [3.8, 4) is 0 Å². The maximum Gasteiger partial charge on any atom is 0.316 e. The Balaban J connectivity index is 1.46. The molecule has 1 aliphatic rings. The van der Waals surface area contributed by atoms with Gasteiger partial charge < -0.3 is 10.1 Å². The Bertz CT molecular complexity index is 865. The minimum Gasteiger partial charge on any atom is -0.461 e. The summed E-state index contributed by atoms with van der Waals surface area (Å²) >= 11 is 2.58. The molecule has 0 spiro atoms. The average molecular weight is 414 g/mol. The third kappa shape index (κ3) is 5.42. The Morgan fingerprint density at radius 3 is 2.77 bits per heavy atom. The lowest BCUT2D eigenvalue weighted by molar-refractivity contribution is -0.144. The predicted octanol–water partition coefficient (Wildman–Crippen LogP) is 2.67. The molecule has 1 atom stereocenters. The second kappa shape index (κ2) is 8.36. The largest absolute Gasteiger partial charge is 0.461 e. The lowest BCUT2D eigenvalue weighted by Gasteiger charge is -2.09. The number of sulfone groups is 1. The molecule has 0 amide bonds. The molecule has 0 saturated carbocycles. The molecule has 0 radical (unpaired) electrons. The van der Waals surface area contributed by atoms with Crippen LogP contribution in [0.5, 0.6) is 0 Å². The van der Waals surface area contributed by atoms with Crippen molar-refractivity contribution in [2.75, 3.05) is 22.6 Å². The number of aryl methyl sites for hydroxylation is 1. The number of carbonyl (C=O) groups excluding carboxylic acids is 1. The topological polar surface area (TPSA) is 98.2 Å². The van der Waals surface area contributed by atoms with E-state index in [9.17, 15) is 13.2 Å². The maximum absolute atomic E-state index is 11.8. The number of anilines is 2. The first-order chi connectivity index (χ1) is 12.4. The highest BCUT2D eigenvalue weighted by Crippen LogP contribution is 2.28. The van der Waals surface area contributed by atoms with Crippen molar-refractivity contribution < 1.29 is 17.9 Å². The zero-order chi connectivity index (χ0) is 18.6. The van der Waals surface area contributed by atoms with Crippen molar-refractivity contribution in [3.63, 3.8) is 0 Å². The van der Waals surface area contributed by atoms with Gasteiger partial charge in [0, 0.05) is 5.69 Å². The van der Waals surface area contributed by atoms with Gasteiger partial charge in [0.25, 0.3) is 0 Å². The summed E-state index contributed by atoms with van der Waals surface area (Å²) in [4.78, 5) is 11.8. The van der Waals surface area contributed by atoms with Crippen LogP contribution in [0.3, 0.4) is 0 Å². The molecular formula is C16H19N3O4S3. The van der Waals surface area contributed by atoms with Crippen LogP contribution in [-0.4, -0.2) is 47.9 Å². The summed E-state index contributed by atoms with van der Waals surface area (Å²) in [6.45, 7) is 2.10. The molecule has 26 heavy (non-hydrogen) atoms. The van der Waals surface area contributed by atoms with Gasteiger partial charge in [0.2, 0.25) is 5.13 Å². The summed E-state index contributed by atoms with van der Waals surface area (Å²) in [5, 5.41) is 11.9. The van der Waals surface area contributed by atoms with Gasteiger partial charge in [-0.2, -0.15) is 0 Å². The molecule has 1 aromatic heterocycles. The van der Waals surface area contributed by atoms with Gasteiger partial charge in [0.05, 0.1) is 17.3 Å². The van der Waals surface area contributed by atoms with Crippen LogP contribution in [0.4, 0.5) is 10.8 Å². The van der Waals surface area contributed by atoms with Crippen LogP contribution in [-0.2, 0) is 25.8 Å². The van der Waals surface area contributed by atoms with Gasteiger partial charge in [-0.3, -0.25) is 4.79 Å². The first-order valence-corrected chi connectivity index (χ1v) is 11.8. The Morgan fingerprint density at radius 1 is 1.35 bits per heavy atom. The number of hydrogen-bond donors (Lipinski definition) is 1. The van der Waals surface area contributed by atoms with Crippen LogP contribution < -0.4 is 5.32 Å². The molecule has 140 valence electrons. The summed E-state index contributed by atoms with van der Waals surface area (Å²) in [5.41, 5.74) is 2.19. The number of rotatable bonds is 7. The van der Waals surface area contributed by atoms with Gasteiger partial charge in [-0.25, -0.2) is 8.42 Å². The number of esters is 1. The Morgan fingerprint density at radius 2 is 2.12 bits per heavy atom. The lowest BCUT2D eigenvalue weighted by atomic mass is 10.1. The Hall–Kier alpha value is -1.65. The van der Waals surface area contributed by atoms with Crippen molar-refractivity contribution in [3.05, 3.63) is 29.8 Å². The van der Waals surface area contributed by atoms with E-state index in [1.54, 1.807) is 0 Å². The van der Waals surface area contributed by atoms with Gasteiger partial charge in [-0.05, 0) is 30.5 Å². The minimum atomic E-state index is -3.05. The molecular weight excluding hydrogens is 394 g/mol. The molecule has 10 heteroatoms. The third-order valence-electron chi connectivity index (χ3n) is 3.82. The molecule has 2 heterocycles. The predicted molar refractivity (Wildman–Crippen MR) is 103 cm³/mol. The van der Waals surface area contributed by atoms with Crippen LogP contribution in [0.15, 0.2) is 28.6 Å². The van der Waals surface area contributed by atoms with E-state index in [0.717, 1.165) is 12.1 Å². The van der Waals surface area contributed by atoms with Gasteiger partial charge in [0.15, 0.2) is 14.2 Å². The van der Waals surface area contributed by atoms with Crippen LogP contribution in [0.25, 0.3) is 0 Å². The Kier molecular flexibility index (Phi) is 6.15. The summed E-state index contributed by atoms with van der Waals surface area (Å²) in [6.07, 6.45) is 0.844. The van der Waals surface area contributed by atoms with Crippen LogP contribution in [0.1, 0.15) is 18.9 Å². The summed E-state index contributed by atoms with van der Waals surface area (Å²) < 4.78 is 28.6. The van der Waals surface area contributed by atoms with E-state index in [1.807, 2.05) is 12.1 Å². The van der Waals surface area contributed by atoms with Crippen molar-refractivity contribution in [2.24, 2.45) is 0 Å². The molecule has 1 aliphatic heterocycles. The third-order valence-corrected chi connectivity index (χ3v) is 7.51. The fraction of sp³-hybridized carbons (Fsp3) is 0.438. The van der Waals surface area contributed by atoms with Gasteiger partial charge in [-0.1, -0.05) is 42.2 Å². The van der Waals surface area contributed by atoms with Crippen molar-refractivity contribution in [1.29, 1.82) is 0 Å². The highest BCUT2D eigenvalue weighted by Gasteiger charge is 2.30. The zero-order valence-corrected chi connectivity index (χ0v) is 16.6. The molecule has 1 N–H and O–H groups in total. The molecule has 0 bridgehead atoms. The molecule has 1 aromatic carbocycles. The average Bonchev–Trinajstić information content (AvgIpc) is 3.19. The van der Waals surface area contributed by atoms with E-state index in [4.69, 9.17) is 4.74 Å². The molecule has 2 aromatic rings. The Labute approximate surface area is 160 Å². The van der Waals surface area contributed by atoms with E-state index in [-0.39, 0.29) is 17.3 Å². The molecule has 3 rings (SSSR count). The number of nitrogens with one attached hydrogen (secondary N) is 1. The lowest BCUT2D eigenvalue weighted by Crippen LogP contribution is -2.20. The fourth-order valence-corrected chi connectivity index (χ4v) is 5.60. The van der Waals surface area contributed by atoms with E-state index in [0.29, 0.717) is 15.9 Å². The first kappa shape index (κ1) is 19.1. The highest BCUT2D eigenvalue weighted by molar-refractivity contribution is 8.01. The zero-order valence-electron chi connectivity index (χ0n) is 14.2. The van der Waals surface area contributed by atoms with Gasteiger partial charge >= 0.3 is 5.97 Å². The number of thioether (sulfide) groups is 1. The number of aromatic nitrogens is 2.